The number of hydrogen-bond acceptors (Lipinski definition) is 2. The predicted octanol–water partition coefficient (Wildman–Crippen LogP) is 3.79. The van der Waals surface area contributed by atoms with Crippen molar-refractivity contribution in [3.8, 4) is 11.8 Å². The summed E-state index contributed by atoms with van der Waals surface area (Å²) >= 11 is 0. The van der Waals surface area contributed by atoms with Gasteiger partial charge in [-0.25, -0.2) is 0 Å². The highest BCUT2D eigenvalue weighted by Crippen LogP contribution is 2.41. The third kappa shape index (κ3) is 1.55. The van der Waals surface area contributed by atoms with Crippen LogP contribution in [0.15, 0.2) is 36.4 Å². The molecule has 2 aromatic carbocycles. The summed E-state index contributed by atoms with van der Waals surface area (Å²) in [6, 6.07) is 14.8. The summed E-state index contributed by atoms with van der Waals surface area (Å²) in [5, 5.41) is 11.8. The molecule has 90 valence electrons. The highest BCUT2D eigenvalue weighted by Gasteiger charge is 2.32. The highest BCUT2D eigenvalue weighted by atomic mass is 16.5. The second-order valence-corrected chi connectivity index (χ2v) is 5.06. The Morgan fingerprint density at radius 2 is 2.06 bits per heavy atom. The third-order valence-electron chi connectivity index (χ3n) is 3.79. The first-order valence-corrected chi connectivity index (χ1v) is 6.31. The van der Waals surface area contributed by atoms with E-state index in [2.05, 4.69) is 24.3 Å². The Morgan fingerprint density at radius 3 is 2.89 bits per heavy atom. The minimum atomic E-state index is -0.435. The molecular weight excluding hydrogens is 222 g/mol. The molecule has 2 nitrogen and oxygen atoms in total. The molecule has 3 rings (SSSR count). The van der Waals surface area contributed by atoms with Gasteiger partial charge in [-0.1, -0.05) is 36.4 Å². The summed E-state index contributed by atoms with van der Waals surface area (Å²) in [5.74, 6) is 0.898. The molecule has 1 aliphatic heterocycles. The molecule has 0 bridgehead atoms. The zero-order valence-electron chi connectivity index (χ0n) is 10.4. The average Bonchev–Trinajstić information content (AvgIpc) is 2.59. The number of ether oxygens (including phenoxy) is 1. The van der Waals surface area contributed by atoms with Crippen LogP contribution in [0.1, 0.15) is 25.3 Å². The van der Waals surface area contributed by atoms with E-state index in [-0.39, 0.29) is 0 Å². The normalized spacial score (nSPS) is 22.7. The van der Waals surface area contributed by atoms with E-state index in [1.807, 2.05) is 25.1 Å². The zero-order valence-corrected chi connectivity index (χ0v) is 10.4. The second kappa shape index (κ2) is 4.03. The van der Waals surface area contributed by atoms with E-state index < -0.39 is 5.41 Å². The number of fused-ring (bicyclic) bond motifs is 3. The van der Waals surface area contributed by atoms with Gasteiger partial charge in [0.25, 0.3) is 0 Å². The van der Waals surface area contributed by atoms with Crippen LogP contribution in [-0.2, 0) is 5.41 Å². The number of nitrogens with zero attached hydrogens (tertiary/aromatic N) is 1. The highest BCUT2D eigenvalue weighted by molar-refractivity contribution is 5.90. The van der Waals surface area contributed by atoms with Gasteiger partial charge in [0.2, 0.25) is 0 Å². The second-order valence-electron chi connectivity index (χ2n) is 5.06. The molecule has 0 aromatic heterocycles. The van der Waals surface area contributed by atoms with Crippen molar-refractivity contribution in [3.63, 3.8) is 0 Å². The van der Waals surface area contributed by atoms with Crippen LogP contribution in [0.3, 0.4) is 0 Å². The first-order chi connectivity index (χ1) is 8.74. The fraction of sp³-hybridized carbons (Fsp3) is 0.312. The van der Waals surface area contributed by atoms with Gasteiger partial charge in [-0.2, -0.15) is 5.26 Å². The molecule has 1 atom stereocenters. The number of nitriles is 1. The molecule has 2 heteroatoms. The third-order valence-corrected chi connectivity index (χ3v) is 3.79. The van der Waals surface area contributed by atoms with Crippen LogP contribution in [0.4, 0.5) is 0 Å². The summed E-state index contributed by atoms with van der Waals surface area (Å²) in [6.45, 7) is 2.70. The molecule has 0 saturated carbocycles. The lowest BCUT2D eigenvalue weighted by Gasteiger charge is -2.21. The molecule has 1 aliphatic rings. The van der Waals surface area contributed by atoms with E-state index in [4.69, 9.17) is 4.74 Å². The van der Waals surface area contributed by atoms with Crippen LogP contribution in [-0.4, -0.2) is 6.61 Å². The Labute approximate surface area is 107 Å². The van der Waals surface area contributed by atoms with Crippen LogP contribution in [0.25, 0.3) is 10.8 Å². The molecule has 0 amide bonds. The standard InChI is InChI=1S/C16H15NO/c1-16(11-17)9-4-10-18-15-13-6-3-2-5-12(13)7-8-14(15)16/h2-3,5-8H,4,9-10H2,1H3. The monoisotopic (exact) mass is 237 g/mol. The van der Waals surface area contributed by atoms with Crippen molar-refractivity contribution >= 4 is 10.8 Å². The average molecular weight is 237 g/mol. The minimum absolute atomic E-state index is 0.435. The summed E-state index contributed by atoms with van der Waals surface area (Å²) in [5.41, 5.74) is 0.594. The van der Waals surface area contributed by atoms with Gasteiger partial charge >= 0.3 is 0 Å². The van der Waals surface area contributed by atoms with Gasteiger partial charge in [-0.15, -0.1) is 0 Å². The van der Waals surface area contributed by atoms with Crippen LogP contribution < -0.4 is 4.74 Å². The predicted molar refractivity (Wildman–Crippen MR) is 71.6 cm³/mol. The van der Waals surface area contributed by atoms with Gasteiger partial charge < -0.3 is 4.74 Å². The van der Waals surface area contributed by atoms with E-state index in [0.717, 1.165) is 29.5 Å². The van der Waals surface area contributed by atoms with Crippen molar-refractivity contribution in [2.45, 2.75) is 25.2 Å². The lowest BCUT2D eigenvalue weighted by molar-refractivity contribution is 0.318. The van der Waals surface area contributed by atoms with Crippen LogP contribution in [0.2, 0.25) is 0 Å². The van der Waals surface area contributed by atoms with E-state index in [0.29, 0.717) is 6.61 Å². The Balaban J connectivity index is 2.33. The first-order valence-electron chi connectivity index (χ1n) is 6.31. The SMILES string of the molecule is CC1(C#N)CCCOc2c1ccc1ccccc21. The van der Waals surface area contributed by atoms with Gasteiger partial charge in [0.1, 0.15) is 5.75 Å². The zero-order chi connectivity index (χ0) is 12.6. The lowest BCUT2D eigenvalue weighted by atomic mass is 9.79. The lowest BCUT2D eigenvalue weighted by Crippen LogP contribution is -2.18. The van der Waals surface area contributed by atoms with Gasteiger partial charge in [-0.05, 0) is 25.2 Å². The molecule has 18 heavy (non-hydrogen) atoms. The van der Waals surface area contributed by atoms with E-state index in [1.54, 1.807) is 0 Å². The Hall–Kier alpha value is -2.01. The Kier molecular flexibility index (Phi) is 2.48. The molecule has 0 fully saturated rings. The minimum Gasteiger partial charge on any atom is -0.493 e. The van der Waals surface area contributed by atoms with Crippen molar-refractivity contribution < 1.29 is 4.74 Å². The van der Waals surface area contributed by atoms with E-state index in [9.17, 15) is 5.26 Å². The topological polar surface area (TPSA) is 33.0 Å². The van der Waals surface area contributed by atoms with Crippen LogP contribution >= 0.6 is 0 Å². The van der Waals surface area contributed by atoms with Gasteiger partial charge in [0.15, 0.2) is 0 Å². The number of benzene rings is 2. The van der Waals surface area contributed by atoms with E-state index >= 15 is 0 Å². The molecule has 1 unspecified atom stereocenters. The molecule has 1 heterocycles. The van der Waals surface area contributed by atoms with Gasteiger partial charge in [0.05, 0.1) is 18.1 Å². The van der Waals surface area contributed by atoms with Gasteiger partial charge in [0, 0.05) is 10.9 Å². The quantitative estimate of drug-likeness (QED) is 0.698. The molecule has 0 aliphatic carbocycles. The van der Waals surface area contributed by atoms with Crippen molar-refractivity contribution in [3.05, 3.63) is 42.0 Å². The van der Waals surface area contributed by atoms with Crippen LogP contribution in [0, 0.1) is 11.3 Å². The summed E-state index contributed by atoms with van der Waals surface area (Å²) < 4.78 is 5.91. The number of rotatable bonds is 0. The largest absolute Gasteiger partial charge is 0.493 e. The Morgan fingerprint density at radius 1 is 1.22 bits per heavy atom. The van der Waals surface area contributed by atoms with Crippen molar-refractivity contribution in [1.82, 2.24) is 0 Å². The van der Waals surface area contributed by atoms with Crippen molar-refractivity contribution in [2.24, 2.45) is 0 Å². The van der Waals surface area contributed by atoms with Crippen molar-refractivity contribution in [1.29, 1.82) is 5.26 Å². The van der Waals surface area contributed by atoms with Gasteiger partial charge in [-0.3, -0.25) is 0 Å². The molecule has 0 spiro atoms. The number of hydrogen-bond donors (Lipinski definition) is 0. The summed E-state index contributed by atoms with van der Waals surface area (Å²) in [4.78, 5) is 0. The molecular formula is C16H15NO. The summed E-state index contributed by atoms with van der Waals surface area (Å²) in [7, 11) is 0. The van der Waals surface area contributed by atoms with E-state index in [1.165, 1.54) is 5.39 Å². The molecule has 0 N–H and O–H groups in total. The fourth-order valence-electron chi connectivity index (χ4n) is 2.68. The molecule has 0 saturated heterocycles. The van der Waals surface area contributed by atoms with Crippen LogP contribution in [0.5, 0.6) is 5.75 Å². The summed E-state index contributed by atoms with van der Waals surface area (Å²) in [6.07, 6.45) is 1.78. The molecule has 2 aromatic rings. The maximum Gasteiger partial charge on any atom is 0.131 e. The first kappa shape index (κ1) is 11.1. The molecule has 0 radical (unpaired) electrons. The maximum absolute atomic E-state index is 9.49. The Bertz CT molecular complexity index is 641. The fourth-order valence-corrected chi connectivity index (χ4v) is 2.68. The smallest absolute Gasteiger partial charge is 0.131 e. The van der Waals surface area contributed by atoms with Crippen molar-refractivity contribution in [2.75, 3.05) is 6.61 Å². The maximum atomic E-state index is 9.49.